The predicted octanol–water partition coefficient (Wildman–Crippen LogP) is 3.27. The molecule has 174 valence electrons. The second-order valence-corrected chi connectivity index (χ2v) is 9.38. The zero-order valence-electron chi connectivity index (χ0n) is 17.6. The zero-order chi connectivity index (χ0) is 23.1. The van der Waals surface area contributed by atoms with Gasteiger partial charge >= 0.3 is 5.97 Å². The van der Waals surface area contributed by atoms with Crippen molar-refractivity contribution >= 4 is 34.7 Å². The average Bonchev–Trinajstić information content (AvgIpc) is 3.38. The molecule has 0 amide bonds. The minimum absolute atomic E-state index is 0.0954. The van der Waals surface area contributed by atoms with Crippen LogP contribution in [-0.4, -0.2) is 66.8 Å². The molecule has 2 unspecified atom stereocenters. The lowest BCUT2D eigenvalue weighted by atomic mass is 9.95. The smallest absolute Gasteiger partial charge is 0.338 e. The van der Waals surface area contributed by atoms with Crippen molar-refractivity contribution in [2.24, 2.45) is 4.99 Å². The van der Waals surface area contributed by atoms with E-state index >= 15 is 0 Å². The van der Waals surface area contributed by atoms with Crippen LogP contribution in [0.5, 0.6) is 0 Å². The molecule has 3 aliphatic rings. The lowest BCUT2D eigenvalue weighted by Crippen LogP contribution is -2.50. The van der Waals surface area contributed by atoms with Gasteiger partial charge < -0.3 is 14.8 Å². The number of fused-ring (bicyclic) bond motifs is 2. The van der Waals surface area contributed by atoms with Crippen LogP contribution in [0.2, 0.25) is 5.02 Å². The molecule has 4 heterocycles. The molecule has 3 aliphatic heterocycles. The van der Waals surface area contributed by atoms with Crippen LogP contribution in [0.1, 0.15) is 23.0 Å². The van der Waals surface area contributed by atoms with Crippen LogP contribution < -0.4 is 5.32 Å². The first-order valence-electron chi connectivity index (χ1n) is 10.4. The number of aromatic nitrogens is 1. The molecule has 0 spiro atoms. The van der Waals surface area contributed by atoms with Crippen LogP contribution in [-0.2, 0) is 14.3 Å². The molecule has 2 bridgehead atoms. The third kappa shape index (κ3) is 4.16. The summed E-state index contributed by atoms with van der Waals surface area (Å²) in [6, 6.07) is 2.62. The zero-order valence-corrected chi connectivity index (χ0v) is 19.2. The highest BCUT2D eigenvalue weighted by molar-refractivity contribution is 7.11. The number of aliphatic imine (C=N–C) groups is 1. The van der Waals surface area contributed by atoms with E-state index in [4.69, 9.17) is 26.1 Å². The van der Waals surface area contributed by atoms with Gasteiger partial charge in [-0.1, -0.05) is 17.7 Å². The molecule has 1 aromatic carbocycles. The number of ether oxygens (including phenoxy) is 2. The van der Waals surface area contributed by atoms with E-state index in [2.05, 4.69) is 10.3 Å². The Balaban J connectivity index is 1.61. The summed E-state index contributed by atoms with van der Waals surface area (Å²) >= 11 is 7.75. The highest BCUT2D eigenvalue weighted by Gasteiger charge is 2.46. The van der Waals surface area contributed by atoms with E-state index in [1.165, 1.54) is 36.6 Å². The molecule has 0 radical (unpaired) electrons. The van der Waals surface area contributed by atoms with Crippen LogP contribution in [0.25, 0.3) is 0 Å². The number of alkyl halides is 1. The number of thiazole rings is 1. The monoisotopic (exact) mass is 494 g/mol. The van der Waals surface area contributed by atoms with Gasteiger partial charge in [-0.2, -0.15) is 0 Å². The summed E-state index contributed by atoms with van der Waals surface area (Å²) in [5.74, 6) is -0.637. The second-order valence-electron chi connectivity index (χ2n) is 8.07. The van der Waals surface area contributed by atoms with E-state index < -0.39 is 30.0 Å². The number of nitrogens with one attached hydrogen (secondary N) is 1. The maximum absolute atomic E-state index is 14.6. The Labute approximate surface area is 198 Å². The first-order chi connectivity index (χ1) is 16.0. The highest BCUT2D eigenvalue weighted by Crippen LogP contribution is 2.38. The van der Waals surface area contributed by atoms with Gasteiger partial charge in [0.2, 0.25) is 0 Å². The Morgan fingerprint density at radius 3 is 2.97 bits per heavy atom. The Kier molecular flexibility index (Phi) is 6.17. The summed E-state index contributed by atoms with van der Waals surface area (Å²) < 4.78 is 39.0. The summed E-state index contributed by atoms with van der Waals surface area (Å²) in [6.45, 7) is 0.987. The molecule has 2 fully saturated rings. The molecule has 2 saturated heterocycles. The summed E-state index contributed by atoms with van der Waals surface area (Å²) in [5.41, 5.74) is 1.23. The van der Waals surface area contributed by atoms with Crippen molar-refractivity contribution in [2.75, 3.05) is 26.9 Å². The normalized spacial score (nSPS) is 27.3. The number of hydrogen-bond donors (Lipinski definition) is 1. The summed E-state index contributed by atoms with van der Waals surface area (Å²) in [5, 5.41) is 5.81. The minimum atomic E-state index is -1.00. The minimum Gasteiger partial charge on any atom is -0.466 e. The average molecular weight is 495 g/mol. The first-order valence-corrected chi connectivity index (χ1v) is 11.7. The van der Waals surface area contributed by atoms with Crippen molar-refractivity contribution in [1.29, 1.82) is 0 Å². The number of carbonyl (C=O) groups is 1. The van der Waals surface area contributed by atoms with Gasteiger partial charge in [-0.25, -0.2) is 18.6 Å². The Morgan fingerprint density at radius 2 is 2.27 bits per heavy atom. The van der Waals surface area contributed by atoms with Crippen LogP contribution >= 0.6 is 22.9 Å². The first kappa shape index (κ1) is 22.4. The van der Waals surface area contributed by atoms with Crippen molar-refractivity contribution in [3.63, 3.8) is 0 Å². The van der Waals surface area contributed by atoms with Crippen LogP contribution in [0.4, 0.5) is 8.78 Å². The maximum atomic E-state index is 14.6. The van der Waals surface area contributed by atoms with E-state index in [0.717, 1.165) is 0 Å². The van der Waals surface area contributed by atoms with E-state index in [-0.39, 0.29) is 23.2 Å². The van der Waals surface area contributed by atoms with Gasteiger partial charge in [0.05, 0.1) is 31.9 Å². The van der Waals surface area contributed by atoms with Crippen molar-refractivity contribution in [3.05, 3.63) is 62.5 Å². The highest BCUT2D eigenvalue weighted by atomic mass is 35.5. The van der Waals surface area contributed by atoms with Gasteiger partial charge in [-0.05, 0) is 18.6 Å². The van der Waals surface area contributed by atoms with Crippen molar-refractivity contribution in [3.8, 4) is 0 Å². The molecule has 1 aromatic heterocycles. The third-order valence-corrected chi connectivity index (χ3v) is 7.28. The molecule has 4 atom stereocenters. The number of amidine groups is 1. The third-order valence-electron chi connectivity index (χ3n) is 6.17. The lowest BCUT2D eigenvalue weighted by Gasteiger charge is -2.37. The molecule has 0 aliphatic carbocycles. The van der Waals surface area contributed by atoms with E-state index in [1.807, 2.05) is 10.3 Å². The van der Waals surface area contributed by atoms with E-state index in [9.17, 15) is 13.6 Å². The molecule has 11 heteroatoms. The number of hydrogen-bond acceptors (Lipinski definition) is 8. The van der Waals surface area contributed by atoms with E-state index in [1.54, 1.807) is 6.20 Å². The standard InChI is InChI=1S/C22H21ClF2N4O3S/c1-31-22(30)18-16(8-29-12-7-15(25)17(29)10-32-9-12)27-20(21-26-4-5-33-21)28-19(18)13-3-2-11(24)6-14(13)23/h2-6,12,15,17,19H,7-10H2,1H3,(H,27,28)/t12?,15-,17?,19+/m1/s1. The second kappa shape index (κ2) is 9.09. The van der Waals surface area contributed by atoms with Crippen LogP contribution in [0.3, 0.4) is 0 Å². The molecule has 0 saturated carbocycles. The Hall–Kier alpha value is -2.40. The SMILES string of the molecule is COC(=O)C1=C(CN2C3COCC2[C@H](F)C3)NC(c2nccs2)=N[C@H]1c1ccc(F)cc1Cl. The van der Waals surface area contributed by atoms with Gasteiger partial charge in [-0.3, -0.25) is 9.89 Å². The van der Waals surface area contributed by atoms with Gasteiger partial charge in [0.15, 0.2) is 10.8 Å². The number of carbonyl (C=O) groups excluding carboxylic acids is 1. The van der Waals surface area contributed by atoms with Crippen molar-refractivity contribution < 1.29 is 23.0 Å². The van der Waals surface area contributed by atoms with Gasteiger partial charge in [0.25, 0.3) is 0 Å². The van der Waals surface area contributed by atoms with Crippen LogP contribution in [0.15, 0.2) is 46.0 Å². The molecular formula is C22H21ClF2N4O3S. The van der Waals surface area contributed by atoms with Gasteiger partial charge in [0, 0.05) is 40.4 Å². The molecular weight excluding hydrogens is 474 g/mol. The molecule has 2 aromatic rings. The van der Waals surface area contributed by atoms with Gasteiger partial charge in [0.1, 0.15) is 18.0 Å². The molecule has 1 N–H and O–H groups in total. The fraction of sp³-hybridized carbons (Fsp3) is 0.409. The number of benzene rings is 1. The molecule has 33 heavy (non-hydrogen) atoms. The summed E-state index contributed by atoms with van der Waals surface area (Å²) in [4.78, 5) is 24.0. The molecule has 5 rings (SSSR count). The quantitative estimate of drug-likeness (QED) is 0.643. The number of nitrogens with zero attached hydrogens (tertiary/aromatic N) is 3. The van der Waals surface area contributed by atoms with Gasteiger partial charge in [-0.15, -0.1) is 11.3 Å². The number of esters is 1. The number of morpholine rings is 1. The largest absolute Gasteiger partial charge is 0.466 e. The fourth-order valence-corrected chi connectivity index (χ4v) is 5.47. The Morgan fingerprint density at radius 1 is 1.42 bits per heavy atom. The predicted molar refractivity (Wildman–Crippen MR) is 120 cm³/mol. The van der Waals surface area contributed by atoms with Crippen molar-refractivity contribution in [1.82, 2.24) is 15.2 Å². The lowest BCUT2D eigenvalue weighted by molar-refractivity contribution is -0.136. The number of rotatable bonds is 5. The van der Waals surface area contributed by atoms with Crippen LogP contribution in [0, 0.1) is 5.82 Å². The summed E-state index contributed by atoms with van der Waals surface area (Å²) in [7, 11) is 1.28. The van der Waals surface area contributed by atoms with Crippen molar-refractivity contribution in [2.45, 2.75) is 30.7 Å². The Bertz CT molecular complexity index is 1130. The number of halogens is 3. The van der Waals surface area contributed by atoms with E-state index in [0.29, 0.717) is 41.7 Å². The number of methoxy groups -OCH3 is 1. The summed E-state index contributed by atoms with van der Waals surface area (Å²) in [6.07, 6.45) is 1.03. The molecule has 7 nitrogen and oxygen atoms in total. The fourth-order valence-electron chi connectivity index (χ4n) is 4.62. The topological polar surface area (TPSA) is 76.0 Å². The maximum Gasteiger partial charge on any atom is 0.338 e.